The lowest BCUT2D eigenvalue weighted by molar-refractivity contribution is -0.133. The molecule has 5 nitrogen and oxygen atoms in total. The van der Waals surface area contributed by atoms with Crippen LogP contribution in [0.15, 0.2) is 59.4 Å². The molecule has 0 aliphatic rings. The number of carbonyl (C=O) groups excluding carboxylic acids is 1. The lowest BCUT2D eigenvalue weighted by atomic mass is 10.1. The number of hydrogen-bond acceptors (Lipinski definition) is 4. The summed E-state index contributed by atoms with van der Waals surface area (Å²) < 4.78 is 3.28. The minimum absolute atomic E-state index is 0.142. The molecule has 0 aliphatic heterocycles. The monoisotopic (exact) mass is 391 g/mol. The first-order chi connectivity index (χ1) is 13.5. The Kier molecular flexibility index (Phi) is 4.73. The van der Waals surface area contributed by atoms with Crippen LogP contribution < -0.4 is 5.56 Å². The third-order valence-corrected chi connectivity index (χ3v) is 6.25. The standard InChI is InChI=1S/C22H21N3O2S/c1-14-20-19(17-11-7-8-12-18(17)28-20)22(27)25(23-14)15(2)21(26)24(3)13-16-9-5-4-6-10-16/h4-12,15H,13H2,1-3H3/t15-/m1/s1. The molecule has 0 aliphatic carbocycles. The van der Waals surface area contributed by atoms with Gasteiger partial charge in [-0.2, -0.15) is 5.10 Å². The van der Waals surface area contributed by atoms with E-state index < -0.39 is 6.04 Å². The highest BCUT2D eigenvalue weighted by Gasteiger charge is 2.24. The van der Waals surface area contributed by atoms with Crippen molar-refractivity contribution in [3.8, 4) is 0 Å². The maximum absolute atomic E-state index is 13.2. The Morgan fingerprint density at radius 3 is 2.57 bits per heavy atom. The fourth-order valence-corrected chi connectivity index (χ4v) is 4.64. The Morgan fingerprint density at radius 2 is 1.82 bits per heavy atom. The molecule has 0 saturated heterocycles. The van der Waals surface area contributed by atoms with Gasteiger partial charge in [0.25, 0.3) is 5.56 Å². The fourth-order valence-electron chi connectivity index (χ4n) is 3.50. The second kappa shape index (κ2) is 7.20. The molecule has 1 atom stereocenters. The van der Waals surface area contributed by atoms with Crippen LogP contribution in [0.25, 0.3) is 20.2 Å². The Bertz CT molecular complexity index is 1230. The third kappa shape index (κ3) is 3.10. The highest BCUT2D eigenvalue weighted by atomic mass is 32.1. The number of amides is 1. The molecule has 2 aromatic heterocycles. The fraction of sp³-hybridized carbons (Fsp3) is 0.227. The highest BCUT2D eigenvalue weighted by Crippen LogP contribution is 2.32. The molecule has 2 heterocycles. The van der Waals surface area contributed by atoms with E-state index >= 15 is 0 Å². The number of nitrogens with zero attached hydrogens (tertiary/aromatic N) is 3. The number of fused-ring (bicyclic) bond motifs is 3. The van der Waals surface area contributed by atoms with Crippen LogP contribution in [0.4, 0.5) is 0 Å². The van der Waals surface area contributed by atoms with Gasteiger partial charge < -0.3 is 4.90 Å². The summed E-state index contributed by atoms with van der Waals surface area (Å²) in [7, 11) is 1.75. The molecule has 4 aromatic rings. The predicted molar refractivity (Wildman–Crippen MR) is 114 cm³/mol. The molecule has 0 fully saturated rings. The average Bonchev–Trinajstić information content (AvgIpc) is 3.11. The van der Waals surface area contributed by atoms with Crippen molar-refractivity contribution in [2.24, 2.45) is 0 Å². The van der Waals surface area contributed by atoms with Gasteiger partial charge in [0.05, 0.1) is 15.8 Å². The number of hydrogen-bond donors (Lipinski definition) is 0. The van der Waals surface area contributed by atoms with Crippen molar-refractivity contribution in [2.45, 2.75) is 26.4 Å². The molecule has 2 aromatic carbocycles. The topological polar surface area (TPSA) is 55.2 Å². The van der Waals surface area contributed by atoms with Crippen LogP contribution in [0.1, 0.15) is 24.2 Å². The molecule has 28 heavy (non-hydrogen) atoms. The van der Waals surface area contributed by atoms with E-state index in [-0.39, 0.29) is 11.5 Å². The lowest BCUT2D eigenvalue weighted by Crippen LogP contribution is -2.38. The Labute approximate surface area is 166 Å². The van der Waals surface area contributed by atoms with E-state index in [1.54, 1.807) is 30.2 Å². The maximum Gasteiger partial charge on any atom is 0.276 e. The first-order valence-corrected chi connectivity index (χ1v) is 9.98. The second-order valence-electron chi connectivity index (χ2n) is 6.99. The molecule has 0 radical (unpaired) electrons. The molecule has 0 spiro atoms. The van der Waals surface area contributed by atoms with Crippen molar-refractivity contribution in [3.63, 3.8) is 0 Å². The van der Waals surface area contributed by atoms with E-state index in [1.165, 1.54) is 4.68 Å². The second-order valence-corrected chi connectivity index (χ2v) is 8.05. The molecule has 0 N–H and O–H groups in total. The summed E-state index contributed by atoms with van der Waals surface area (Å²) in [5.41, 5.74) is 1.59. The maximum atomic E-state index is 13.2. The van der Waals surface area contributed by atoms with Gasteiger partial charge in [-0.3, -0.25) is 9.59 Å². The first-order valence-electron chi connectivity index (χ1n) is 9.17. The Hall–Kier alpha value is -2.99. The molecule has 0 unspecified atom stereocenters. The van der Waals surface area contributed by atoms with Crippen molar-refractivity contribution < 1.29 is 4.79 Å². The van der Waals surface area contributed by atoms with E-state index in [1.807, 2.05) is 61.5 Å². The molecule has 142 valence electrons. The molecule has 0 bridgehead atoms. The predicted octanol–water partition coefficient (Wildman–Crippen LogP) is 4.14. The van der Waals surface area contributed by atoms with E-state index in [9.17, 15) is 9.59 Å². The van der Waals surface area contributed by atoms with Gasteiger partial charge in [-0.05, 0) is 25.5 Å². The van der Waals surface area contributed by atoms with Crippen LogP contribution in [0.5, 0.6) is 0 Å². The number of carbonyl (C=O) groups is 1. The van der Waals surface area contributed by atoms with Gasteiger partial charge >= 0.3 is 0 Å². The zero-order valence-electron chi connectivity index (χ0n) is 16.0. The van der Waals surface area contributed by atoms with Crippen molar-refractivity contribution in [1.82, 2.24) is 14.7 Å². The molecule has 4 rings (SSSR count). The SMILES string of the molecule is Cc1nn([C@H](C)C(=O)N(C)Cc2ccccc2)c(=O)c2c1sc1ccccc12. The van der Waals surface area contributed by atoms with E-state index in [4.69, 9.17) is 0 Å². The van der Waals surface area contributed by atoms with Crippen molar-refractivity contribution >= 4 is 37.4 Å². The summed E-state index contributed by atoms with van der Waals surface area (Å²) in [5.74, 6) is -0.142. The van der Waals surface area contributed by atoms with Gasteiger partial charge in [-0.1, -0.05) is 48.5 Å². The molecular formula is C22H21N3O2S. The average molecular weight is 391 g/mol. The van der Waals surface area contributed by atoms with Gasteiger partial charge in [-0.15, -0.1) is 11.3 Å². The van der Waals surface area contributed by atoms with Crippen LogP contribution in [0, 0.1) is 6.92 Å². The van der Waals surface area contributed by atoms with Crippen molar-refractivity contribution in [3.05, 3.63) is 76.2 Å². The van der Waals surface area contributed by atoms with Gasteiger partial charge in [0.15, 0.2) is 0 Å². The normalized spacial score (nSPS) is 12.4. The van der Waals surface area contributed by atoms with E-state index in [2.05, 4.69) is 5.10 Å². The summed E-state index contributed by atoms with van der Waals surface area (Å²) in [4.78, 5) is 27.8. The van der Waals surface area contributed by atoms with Crippen LogP contribution in [-0.4, -0.2) is 27.6 Å². The van der Waals surface area contributed by atoms with E-state index in [0.717, 1.165) is 26.0 Å². The minimum atomic E-state index is -0.678. The Morgan fingerprint density at radius 1 is 1.14 bits per heavy atom. The number of aromatic nitrogens is 2. The van der Waals surface area contributed by atoms with E-state index in [0.29, 0.717) is 11.9 Å². The smallest absolute Gasteiger partial charge is 0.276 e. The largest absolute Gasteiger partial charge is 0.340 e. The summed E-state index contributed by atoms with van der Waals surface area (Å²) >= 11 is 1.57. The third-order valence-electron chi connectivity index (χ3n) is 4.97. The zero-order chi connectivity index (χ0) is 19.8. The molecule has 0 saturated carbocycles. The number of aryl methyl sites for hydroxylation is 1. The first kappa shape index (κ1) is 18.4. The van der Waals surface area contributed by atoms with Crippen molar-refractivity contribution in [1.29, 1.82) is 0 Å². The quantitative estimate of drug-likeness (QED) is 0.525. The van der Waals surface area contributed by atoms with Crippen molar-refractivity contribution in [2.75, 3.05) is 7.05 Å². The van der Waals surface area contributed by atoms with Gasteiger partial charge in [0.2, 0.25) is 5.91 Å². The van der Waals surface area contributed by atoms with Gasteiger partial charge in [-0.25, -0.2) is 4.68 Å². The summed E-state index contributed by atoms with van der Waals surface area (Å²) in [5, 5.41) is 6.05. The lowest BCUT2D eigenvalue weighted by Gasteiger charge is -2.22. The van der Waals surface area contributed by atoms with Crippen LogP contribution in [0.3, 0.4) is 0 Å². The van der Waals surface area contributed by atoms with Crippen LogP contribution in [-0.2, 0) is 11.3 Å². The number of benzene rings is 2. The summed E-state index contributed by atoms with van der Waals surface area (Å²) in [6.07, 6.45) is 0. The molecule has 1 amide bonds. The molecular weight excluding hydrogens is 370 g/mol. The number of likely N-dealkylation sites (N-methyl/N-ethyl adjacent to an activating group) is 1. The Balaban J connectivity index is 1.73. The summed E-state index contributed by atoms with van der Waals surface area (Å²) in [6, 6.07) is 17.0. The molecule has 6 heteroatoms. The summed E-state index contributed by atoms with van der Waals surface area (Å²) in [6.45, 7) is 4.11. The zero-order valence-corrected chi connectivity index (χ0v) is 16.9. The number of thiophene rings is 1. The van der Waals surface area contributed by atoms with Gasteiger partial charge in [0.1, 0.15) is 6.04 Å². The van der Waals surface area contributed by atoms with Crippen LogP contribution in [0.2, 0.25) is 0 Å². The van der Waals surface area contributed by atoms with Crippen LogP contribution >= 0.6 is 11.3 Å². The van der Waals surface area contributed by atoms with Gasteiger partial charge in [0, 0.05) is 23.7 Å². The number of rotatable bonds is 4. The highest BCUT2D eigenvalue weighted by molar-refractivity contribution is 7.26. The minimum Gasteiger partial charge on any atom is -0.340 e.